The van der Waals surface area contributed by atoms with Crippen molar-refractivity contribution in [2.45, 2.75) is 43.8 Å². The highest BCUT2D eigenvalue weighted by Gasteiger charge is 2.25. The Morgan fingerprint density at radius 2 is 1.68 bits per heavy atom. The van der Waals surface area contributed by atoms with Gasteiger partial charge < -0.3 is 33.6 Å². The standard InChI is InChI=1S/C30H36O9S/c1-6-15-38-25-13-12-20(16-27(25)40(5,33)34)19-39-22-10-7-9-21(17-22)28-23(24(32)11-8-14-31)18-26(35-2)29(36-3)30(28)37-4/h7,9-10,12-14,16-18,24,32H,6,8,11,15,19H2,1-5H3/t24-/m0/s1. The number of aliphatic hydroxyl groups is 1. The van der Waals surface area contributed by atoms with Crippen molar-refractivity contribution in [3.63, 3.8) is 0 Å². The zero-order valence-electron chi connectivity index (χ0n) is 23.4. The summed E-state index contributed by atoms with van der Waals surface area (Å²) >= 11 is 0. The van der Waals surface area contributed by atoms with Crippen molar-refractivity contribution in [1.82, 2.24) is 0 Å². The molecule has 9 nitrogen and oxygen atoms in total. The van der Waals surface area contributed by atoms with Crippen LogP contribution >= 0.6 is 0 Å². The maximum Gasteiger partial charge on any atom is 0.203 e. The summed E-state index contributed by atoms with van der Waals surface area (Å²) in [6, 6.07) is 13.8. The lowest BCUT2D eigenvalue weighted by atomic mass is 9.92. The first-order valence-electron chi connectivity index (χ1n) is 12.8. The van der Waals surface area contributed by atoms with Crippen LogP contribution in [0, 0.1) is 0 Å². The zero-order chi connectivity index (χ0) is 29.3. The van der Waals surface area contributed by atoms with Crippen LogP contribution in [0.5, 0.6) is 28.7 Å². The van der Waals surface area contributed by atoms with Gasteiger partial charge in [-0.25, -0.2) is 8.42 Å². The third-order valence-electron chi connectivity index (χ3n) is 6.17. The molecule has 1 atom stereocenters. The van der Waals surface area contributed by atoms with Crippen LogP contribution in [0.15, 0.2) is 53.4 Å². The first-order chi connectivity index (χ1) is 19.2. The number of aliphatic hydroxyl groups excluding tert-OH is 1. The lowest BCUT2D eigenvalue weighted by Crippen LogP contribution is -2.06. The molecule has 0 aliphatic rings. The van der Waals surface area contributed by atoms with Gasteiger partial charge in [-0.3, -0.25) is 0 Å². The minimum atomic E-state index is -3.51. The highest BCUT2D eigenvalue weighted by Crippen LogP contribution is 2.49. The summed E-state index contributed by atoms with van der Waals surface area (Å²) in [5.74, 6) is 1.92. The molecule has 0 radical (unpaired) electrons. The SMILES string of the molecule is CCCOc1ccc(COc2cccc(-c3c([C@@H](O)CCC=O)cc(OC)c(OC)c3OC)c2)cc1S(C)(=O)=O. The molecule has 0 aliphatic heterocycles. The molecule has 0 heterocycles. The van der Waals surface area contributed by atoms with Crippen LogP contribution in [0.2, 0.25) is 0 Å². The van der Waals surface area contributed by atoms with Crippen LogP contribution in [0.1, 0.15) is 43.4 Å². The van der Waals surface area contributed by atoms with Gasteiger partial charge >= 0.3 is 0 Å². The van der Waals surface area contributed by atoms with E-state index in [4.69, 9.17) is 23.7 Å². The van der Waals surface area contributed by atoms with Crippen LogP contribution in [-0.2, 0) is 21.2 Å². The van der Waals surface area contributed by atoms with Gasteiger partial charge in [0.15, 0.2) is 21.3 Å². The number of carbonyl (C=O) groups excluding carboxylic acids is 1. The van der Waals surface area contributed by atoms with E-state index in [1.54, 1.807) is 42.5 Å². The summed E-state index contributed by atoms with van der Waals surface area (Å²) in [6.45, 7) is 2.47. The van der Waals surface area contributed by atoms with Crippen LogP contribution < -0.4 is 23.7 Å². The van der Waals surface area contributed by atoms with Crippen LogP contribution in [0.25, 0.3) is 11.1 Å². The number of sulfone groups is 1. The second-order valence-corrected chi connectivity index (χ2v) is 11.1. The van der Waals surface area contributed by atoms with Gasteiger partial charge in [0.2, 0.25) is 5.75 Å². The number of ether oxygens (including phenoxy) is 5. The summed E-state index contributed by atoms with van der Waals surface area (Å²) in [5, 5.41) is 11.0. The molecule has 0 aromatic heterocycles. The van der Waals surface area contributed by atoms with E-state index in [1.165, 1.54) is 21.3 Å². The number of benzene rings is 3. The Hall–Kier alpha value is -3.76. The van der Waals surface area contributed by atoms with E-state index in [9.17, 15) is 18.3 Å². The minimum absolute atomic E-state index is 0.109. The fourth-order valence-corrected chi connectivity index (χ4v) is 5.15. The van der Waals surface area contributed by atoms with Crippen molar-refractivity contribution in [3.05, 3.63) is 59.7 Å². The Balaban J connectivity index is 2.00. The van der Waals surface area contributed by atoms with Gasteiger partial charge in [0.05, 0.1) is 34.0 Å². The van der Waals surface area contributed by atoms with Crippen molar-refractivity contribution in [1.29, 1.82) is 0 Å². The van der Waals surface area contributed by atoms with Crippen molar-refractivity contribution in [2.75, 3.05) is 34.2 Å². The summed E-state index contributed by atoms with van der Waals surface area (Å²) in [7, 11) is 0.968. The van der Waals surface area contributed by atoms with Gasteiger partial charge in [0.1, 0.15) is 29.3 Å². The molecule has 0 spiro atoms. The fraction of sp³-hybridized carbons (Fsp3) is 0.367. The number of rotatable bonds is 15. The monoisotopic (exact) mass is 572 g/mol. The number of hydrogen-bond donors (Lipinski definition) is 1. The van der Waals surface area contributed by atoms with Gasteiger partial charge in [-0.2, -0.15) is 0 Å². The van der Waals surface area contributed by atoms with E-state index in [0.717, 1.165) is 19.0 Å². The molecule has 0 unspecified atom stereocenters. The van der Waals surface area contributed by atoms with Gasteiger partial charge in [-0.05, 0) is 59.9 Å². The zero-order valence-corrected chi connectivity index (χ0v) is 24.2. The summed E-state index contributed by atoms with van der Waals surface area (Å²) < 4.78 is 53.1. The second-order valence-electron chi connectivity index (χ2n) is 9.09. The third kappa shape index (κ3) is 7.25. The van der Waals surface area contributed by atoms with Gasteiger partial charge in [0.25, 0.3) is 0 Å². The molecular formula is C30H36O9S. The molecule has 3 aromatic rings. The first-order valence-corrected chi connectivity index (χ1v) is 14.7. The predicted molar refractivity (Wildman–Crippen MR) is 151 cm³/mol. The molecule has 0 bridgehead atoms. The summed E-state index contributed by atoms with van der Waals surface area (Å²) in [5.41, 5.74) is 2.41. The molecule has 0 fully saturated rings. The molecule has 0 amide bonds. The molecule has 1 N–H and O–H groups in total. The van der Waals surface area contributed by atoms with Crippen LogP contribution in [-0.4, -0.2) is 54.0 Å². The Morgan fingerprint density at radius 1 is 0.925 bits per heavy atom. The van der Waals surface area contributed by atoms with E-state index in [1.807, 2.05) is 13.0 Å². The molecule has 0 saturated heterocycles. The molecule has 40 heavy (non-hydrogen) atoms. The maximum absolute atomic E-state index is 12.4. The lowest BCUT2D eigenvalue weighted by Gasteiger charge is -2.22. The molecule has 10 heteroatoms. The molecule has 216 valence electrons. The molecule has 0 aliphatic carbocycles. The van der Waals surface area contributed by atoms with Crippen molar-refractivity contribution in [3.8, 4) is 39.9 Å². The Kier molecular flexibility index (Phi) is 10.8. The van der Waals surface area contributed by atoms with E-state index >= 15 is 0 Å². The number of carbonyl (C=O) groups is 1. The Labute approximate surface area is 235 Å². The molecule has 3 rings (SSSR count). The van der Waals surface area contributed by atoms with E-state index in [0.29, 0.717) is 57.6 Å². The van der Waals surface area contributed by atoms with Gasteiger partial charge in [-0.1, -0.05) is 25.1 Å². The van der Waals surface area contributed by atoms with Crippen molar-refractivity contribution >= 4 is 16.1 Å². The molecule has 3 aromatic carbocycles. The van der Waals surface area contributed by atoms with Gasteiger partial charge in [0, 0.05) is 18.2 Å². The lowest BCUT2D eigenvalue weighted by molar-refractivity contribution is -0.108. The third-order valence-corrected chi connectivity index (χ3v) is 7.29. The summed E-state index contributed by atoms with van der Waals surface area (Å²) in [4.78, 5) is 11.1. The van der Waals surface area contributed by atoms with Crippen LogP contribution in [0.4, 0.5) is 0 Å². The average molecular weight is 573 g/mol. The largest absolute Gasteiger partial charge is 0.493 e. The minimum Gasteiger partial charge on any atom is -0.493 e. The maximum atomic E-state index is 12.4. The number of aldehydes is 1. The number of hydrogen-bond acceptors (Lipinski definition) is 9. The Bertz CT molecular complexity index is 1420. The van der Waals surface area contributed by atoms with Gasteiger partial charge in [-0.15, -0.1) is 0 Å². The van der Waals surface area contributed by atoms with E-state index < -0.39 is 15.9 Å². The topological polar surface area (TPSA) is 118 Å². The van der Waals surface area contributed by atoms with E-state index in [-0.39, 0.29) is 24.3 Å². The van der Waals surface area contributed by atoms with E-state index in [2.05, 4.69) is 0 Å². The smallest absolute Gasteiger partial charge is 0.203 e. The van der Waals surface area contributed by atoms with Crippen molar-refractivity contribution in [2.24, 2.45) is 0 Å². The van der Waals surface area contributed by atoms with Crippen LogP contribution in [0.3, 0.4) is 0 Å². The quantitative estimate of drug-likeness (QED) is 0.246. The van der Waals surface area contributed by atoms with Crippen molar-refractivity contribution < 1.29 is 42.0 Å². The average Bonchev–Trinajstić information content (AvgIpc) is 2.96. The second kappa shape index (κ2) is 14.0. The normalized spacial score (nSPS) is 11.9. The number of methoxy groups -OCH3 is 3. The Morgan fingerprint density at radius 3 is 2.30 bits per heavy atom. The fourth-order valence-electron chi connectivity index (χ4n) is 4.29. The highest BCUT2D eigenvalue weighted by molar-refractivity contribution is 7.90. The summed E-state index contributed by atoms with van der Waals surface area (Å²) in [6.07, 6.45) is 2.08. The first kappa shape index (κ1) is 30.8. The molecule has 0 saturated carbocycles. The predicted octanol–water partition coefficient (Wildman–Crippen LogP) is 5.16. The molecular weight excluding hydrogens is 536 g/mol. The highest BCUT2D eigenvalue weighted by atomic mass is 32.2.